The molecule has 0 unspecified atom stereocenters. The van der Waals surface area contributed by atoms with Crippen LogP contribution in [0, 0.1) is 0 Å². The van der Waals surface area contributed by atoms with Gasteiger partial charge in [-0.15, -0.1) is 0 Å². The van der Waals surface area contributed by atoms with Crippen molar-refractivity contribution < 1.29 is 9.47 Å². The quantitative estimate of drug-likeness (QED) is 0.613. The average Bonchev–Trinajstić information content (AvgIpc) is 2.20. The fourth-order valence-corrected chi connectivity index (χ4v) is 2.12. The monoisotopic (exact) mass is 185 g/mol. The van der Waals surface area contributed by atoms with Crippen LogP contribution in [0.5, 0.6) is 0 Å². The van der Waals surface area contributed by atoms with Gasteiger partial charge in [-0.3, -0.25) is 0 Å². The molecule has 2 heterocycles. The summed E-state index contributed by atoms with van der Waals surface area (Å²) < 4.78 is 11.5. The lowest BCUT2D eigenvalue weighted by atomic mass is 10.0. The Morgan fingerprint density at radius 3 is 2.31 bits per heavy atom. The smallest absolute Gasteiger partial charge is 0.170 e. The van der Waals surface area contributed by atoms with Crippen molar-refractivity contribution in [3.63, 3.8) is 0 Å². The molecule has 3 nitrogen and oxygen atoms in total. The highest BCUT2D eigenvalue weighted by Gasteiger charge is 2.37. The summed E-state index contributed by atoms with van der Waals surface area (Å²) in [6, 6.07) is 0. The van der Waals surface area contributed by atoms with Crippen LogP contribution in [0.3, 0.4) is 0 Å². The second-order valence-corrected chi connectivity index (χ2v) is 3.90. The van der Waals surface area contributed by atoms with E-state index in [1.807, 2.05) is 0 Å². The van der Waals surface area contributed by atoms with Crippen molar-refractivity contribution in [3.8, 4) is 0 Å². The van der Waals surface area contributed by atoms with Gasteiger partial charge in [0.05, 0.1) is 13.2 Å². The molecule has 1 spiro atoms. The lowest BCUT2D eigenvalue weighted by molar-refractivity contribution is -0.283. The van der Waals surface area contributed by atoms with Crippen LogP contribution in [0.4, 0.5) is 0 Å². The maximum absolute atomic E-state index is 5.75. The van der Waals surface area contributed by atoms with E-state index in [2.05, 4.69) is 11.8 Å². The van der Waals surface area contributed by atoms with Gasteiger partial charge in [0, 0.05) is 25.9 Å². The first-order chi connectivity index (χ1) is 6.35. The summed E-state index contributed by atoms with van der Waals surface area (Å²) >= 11 is 0. The van der Waals surface area contributed by atoms with Crippen LogP contribution in [-0.2, 0) is 9.47 Å². The highest BCUT2D eigenvalue weighted by Crippen LogP contribution is 2.30. The van der Waals surface area contributed by atoms with E-state index in [4.69, 9.17) is 9.47 Å². The molecule has 0 N–H and O–H groups in total. The van der Waals surface area contributed by atoms with Crippen LogP contribution < -0.4 is 0 Å². The first-order valence-electron chi connectivity index (χ1n) is 5.35. The first kappa shape index (κ1) is 9.44. The minimum Gasteiger partial charge on any atom is -0.350 e. The summed E-state index contributed by atoms with van der Waals surface area (Å²) in [7, 11) is 0. The van der Waals surface area contributed by atoms with E-state index < -0.39 is 0 Å². The highest BCUT2D eigenvalue weighted by atomic mass is 16.7. The second kappa shape index (κ2) is 3.95. The Morgan fingerprint density at radius 1 is 1.15 bits per heavy atom. The molecule has 0 aromatic rings. The Labute approximate surface area is 80.0 Å². The molecule has 0 aromatic heterocycles. The van der Waals surface area contributed by atoms with E-state index >= 15 is 0 Å². The molecule has 2 aliphatic heterocycles. The lowest BCUT2D eigenvalue weighted by Crippen LogP contribution is -2.49. The van der Waals surface area contributed by atoms with Crippen LogP contribution in [-0.4, -0.2) is 43.5 Å². The zero-order chi connectivity index (χ0) is 9.15. The third-order valence-electron chi connectivity index (χ3n) is 3.08. The van der Waals surface area contributed by atoms with E-state index in [-0.39, 0.29) is 5.79 Å². The molecular weight excluding hydrogens is 166 g/mol. The van der Waals surface area contributed by atoms with Crippen LogP contribution >= 0.6 is 0 Å². The fraction of sp³-hybridized carbons (Fsp3) is 1.00. The van der Waals surface area contributed by atoms with Crippen molar-refractivity contribution in [2.75, 3.05) is 32.8 Å². The topological polar surface area (TPSA) is 21.7 Å². The maximum Gasteiger partial charge on any atom is 0.170 e. The second-order valence-electron chi connectivity index (χ2n) is 3.90. The van der Waals surface area contributed by atoms with Gasteiger partial charge in [-0.1, -0.05) is 6.92 Å². The molecule has 0 radical (unpaired) electrons. The number of nitrogens with zero attached hydrogens (tertiary/aromatic N) is 1. The van der Waals surface area contributed by atoms with Gasteiger partial charge >= 0.3 is 0 Å². The van der Waals surface area contributed by atoms with E-state index in [9.17, 15) is 0 Å². The molecule has 3 heteroatoms. The van der Waals surface area contributed by atoms with Gasteiger partial charge in [0.2, 0.25) is 0 Å². The molecule has 0 aliphatic carbocycles. The van der Waals surface area contributed by atoms with Crippen LogP contribution in [0.2, 0.25) is 0 Å². The van der Waals surface area contributed by atoms with Crippen molar-refractivity contribution in [1.29, 1.82) is 0 Å². The minimum atomic E-state index is -0.204. The van der Waals surface area contributed by atoms with E-state index in [1.165, 1.54) is 0 Å². The Hall–Kier alpha value is -0.120. The zero-order valence-electron chi connectivity index (χ0n) is 8.42. The predicted molar refractivity (Wildman–Crippen MR) is 50.6 cm³/mol. The van der Waals surface area contributed by atoms with Crippen LogP contribution in [0.25, 0.3) is 0 Å². The van der Waals surface area contributed by atoms with Crippen molar-refractivity contribution in [2.24, 2.45) is 0 Å². The molecule has 2 rings (SSSR count). The predicted octanol–water partition coefficient (Wildman–Crippen LogP) is 1.24. The Kier molecular flexibility index (Phi) is 2.86. The molecule has 0 atom stereocenters. The lowest BCUT2D eigenvalue weighted by Gasteiger charge is -2.43. The van der Waals surface area contributed by atoms with E-state index in [0.29, 0.717) is 0 Å². The number of hydrogen-bond donors (Lipinski definition) is 0. The molecule has 2 aliphatic rings. The number of rotatable bonds is 1. The minimum absolute atomic E-state index is 0.204. The van der Waals surface area contributed by atoms with Gasteiger partial charge in [0.15, 0.2) is 5.79 Å². The van der Waals surface area contributed by atoms with E-state index in [1.54, 1.807) is 0 Å². The molecule has 0 bridgehead atoms. The molecule has 0 amide bonds. The van der Waals surface area contributed by atoms with E-state index in [0.717, 1.165) is 52.1 Å². The SMILES string of the molecule is CCN1CCC2(CC1)OCCCO2. The van der Waals surface area contributed by atoms with Crippen molar-refractivity contribution in [1.82, 2.24) is 4.90 Å². The van der Waals surface area contributed by atoms with Gasteiger partial charge < -0.3 is 14.4 Å². The van der Waals surface area contributed by atoms with Crippen LogP contribution in [0.15, 0.2) is 0 Å². The molecule has 76 valence electrons. The number of piperidine rings is 1. The van der Waals surface area contributed by atoms with Gasteiger partial charge in [-0.05, 0) is 13.0 Å². The summed E-state index contributed by atoms with van der Waals surface area (Å²) in [5.74, 6) is -0.204. The van der Waals surface area contributed by atoms with Crippen molar-refractivity contribution in [2.45, 2.75) is 32.0 Å². The molecule has 0 saturated carbocycles. The number of ether oxygens (including phenoxy) is 2. The summed E-state index contributed by atoms with van der Waals surface area (Å²) in [6.45, 7) is 7.36. The molecule has 13 heavy (non-hydrogen) atoms. The van der Waals surface area contributed by atoms with Crippen molar-refractivity contribution in [3.05, 3.63) is 0 Å². The van der Waals surface area contributed by atoms with Gasteiger partial charge in [0.1, 0.15) is 0 Å². The number of likely N-dealkylation sites (tertiary alicyclic amines) is 1. The summed E-state index contributed by atoms with van der Waals surface area (Å²) in [4.78, 5) is 2.45. The average molecular weight is 185 g/mol. The fourth-order valence-electron chi connectivity index (χ4n) is 2.12. The van der Waals surface area contributed by atoms with Gasteiger partial charge in [-0.25, -0.2) is 0 Å². The summed E-state index contributed by atoms with van der Waals surface area (Å²) in [6.07, 6.45) is 3.14. The molecule has 2 fully saturated rings. The highest BCUT2D eigenvalue weighted by molar-refractivity contribution is 4.81. The summed E-state index contributed by atoms with van der Waals surface area (Å²) in [5.41, 5.74) is 0. The molecule has 2 saturated heterocycles. The molecular formula is C10H19NO2. The van der Waals surface area contributed by atoms with Crippen molar-refractivity contribution >= 4 is 0 Å². The third kappa shape index (κ3) is 2.03. The number of hydrogen-bond acceptors (Lipinski definition) is 3. The Balaban J connectivity index is 1.87. The summed E-state index contributed by atoms with van der Waals surface area (Å²) in [5, 5.41) is 0. The van der Waals surface area contributed by atoms with Crippen LogP contribution in [0.1, 0.15) is 26.2 Å². The van der Waals surface area contributed by atoms with Gasteiger partial charge in [-0.2, -0.15) is 0 Å². The molecule has 0 aromatic carbocycles. The zero-order valence-corrected chi connectivity index (χ0v) is 8.42. The Morgan fingerprint density at radius 2 is 1.77 bits per heavy atom. The normalized spacial score (nSPS) is 29.3. The van der Waals surface area contributed by atoms with Gasteiger partial charge in [0.25, 0.3) is 0 Å². The third-order valence-corrected chi connectivity index (χ3v) is 3.08. The maximum atomic E-state index is 5.75. The largest absolute Gasteiger partial charge is 0.350 e. The standard InChI is InChI=1S/C10H19NO2/c1-2-11-6-4-10(5-7-11)12-8-3-9-13-10/h2-9H2,1H3. The first-order valence-corrected chi connectivity index (χ1v) is 5.35. The Bertz CT molecular complexity index is 156.